The second-order valence-electron chi connectivity index (χ2n) is 9.85. The molecule has 0 bridgehead atoms. The quantitative estimate of drug-likeness (QED) is 0.176. The molecule has 246 valence electrons. The Morgan fingerprint density at radius 2 is 1.41 bits per heavy atom. The maximum absolute atomic E-state index is 15.6. The highest BCUT2D eigenvalue weighted by molar-refractivity contribution is 7.52. The van der Waals surface area contributed by atoms with Gasteiger partial charge in [-0.05, 0) is 32.9 Å². The van der Waals surface area contributed by atoms with Crippen LogP contribution >= 0.6 is 7.75 Å². The van der Waals surface area contributed by atoms with Gasteiger partial charge >= 0.3 is 37.6 Å². The summed E-state index contributed by atoms with van der Waals surface area (Å²) in [5.74, 6) is -4.58. The molecule has 2 rings (SSSR count). The van der Waals surface area contributed by atoms with E-state index in [4.69, 9.17) is 37.5 Å². The number of esters is 5. The predicted octanol–water partition coefficient (Wildman–Crippen LogP) is 2.54. The molecule has 0 aromatic heterocycles. The summed E-state index contributed by atoms with van der Waals surface area (Å²) in [6.07, 6.45) is -12.1. The number of benzene rings is 1. The third-order valence-electron chi connectivity index (χ3n) is 5.51. The highest BCUT2D eigenvalue weighted by atomic mass is 31.2. The Bertz CT molecular complexity index is 1210. The number of ether oxygens (including phenoxy) is 6. The van der Waals surface area contributed by atoms with Crippen LogP contribution in [0.5, 0.6) is 5.75 Å². The highest BCUT2D eigenvalue weighted by Gasteiger charge is 2.57. The van der Waals surface area contributed by atoms with Gasteiger partial charge in [0.2, 0.25) is 6.29 Å². The summed E-state index contributed by atoms with van der Waals surface area (Å²) in [6, 6.07) is 6.26. The van der Waals surface area contributed by atoms with E-state index in [1.54, 1.807) is 32.0 Å². The van der Waals surface area contributed by atoms with E-state index in [1.165, 1.54) is 19.1 Å². The van der Waals surface area contributed by atoms with Crippen molar-refractivity contribution in [2.24, 2.45) is 0 Å². The fraction of sp³-hybridized carbons (Fsp3) is 0.593. The van der Waals surface area contributed by atoms with Crippen molar-refractivity contribution in [2.45, 2.75) is 97.5 Å². The van der Waals surface area contributed by atoms with E-state index in [-0.39, 0.29) is 5.75 Å². The summed E-state index contributed by atoms with van der Waals surface area (Å²) in [5.41, 5.74) is 0. The van der Waals surface area contributed by atoms with Gasteiger partial charge in [-0.2, -0.15) is 5.09 Å². The van der Waals surface area contributed by atoms with Crippen LogP contribution in [0.25, 0.3) is 0 Å². The minimum Gasteiger partial charge on any atom is -0.463 e. The van der Waals surface area contributed by atoms with Crippen LogP contribution in [0.4, 0.5) is 4.39 Å². The molecule has 1 aromatic carbocycles. The van der Waals surface area contributed by atoms with Crippen LogP contribution in [-0.4, -0.2) is 85.5 Å². The zero-order valence-electron chi connectivity index (χ0n) is 25.3. The zero-order chi connectivity index (χ0) is 33.2. The lowest BCUT2D eigenvalue weighted by Crippen LogP contribution is -2.64. The van der Waals surface area contributed by atoms with Gasteiger partial charge in [0.15, 0.2) is 24.5 Å². The monoisotopic (exact) mass is 649 g/mol. The summed E-state index contributed by atoms with van der Waals surface area (Å²) in [6.45, 7) is 7.56. The Morgan fingerprint density at radius 3 is 1.93 bits per heavy atom. The van der Waals surface area contributed by atoms with Crippen molar-refractivity contribution in [1.82, 2.24) is 5.09 Å². The van der Waals surface area contributed by atoms with E-state index < -0.39 is 93.2 Å². The Labute approximate surface area is 253 Å². The summed E-state index contributed by atoms with van der Waals surface area (Å²) in [5, 5.41) is 2.41. The van der Waals surface area contributed by atoms with Gasteiger partial charge in [-0.15, -0.1) is 0 Å². The van der Waals surface area contributed by atoms with E-state index in [1.807, 2.05) is 0 Å². The molecule has 0 saturated carbocycles. The maximum atomic E-state index is 15.6. The molecule has 1 N–H and O–H groups in total. The van der Waals surface area contributed by atoms with E-state index in [0.29, 0.717) is 0 Å². The number of para-hydroxylation sites is 1. The van der Waals surface area contributed by atoms with Crippen molar-refractivity contribution in [2.75, 3.05) is 6.61 Å². The first-order valence-corrected chi connectivity index (χ1v) is 15.0. The molecule has 1 aromatic rings. The molecule has 44 heavy (non-hydrogen) atoms. The van der Waals surface area contributed by atoms with Crippen LogP contribution in [0.1, 0.15) is 48.5 Å². The van der Waals surface area contributed by atoms with Gasteiger partial charge in [0.05, 0.1) is 6.10 Å². The van der Waals surface area contributed by atoms with E-state index >= 15 is 4.39 Å². The molecule has 15 nitrogen and oxygen atoms in total. The lowest BCUT2D eigenvalue weighted by molar-refractivity contribution is -0.295. The molecule has 2 unspecified atom stereocenters. The molecule has 0 amide bonds. The minimum atomic E-state index is -4.76. The number of alkyl halides is 1. The number of hydrogen-bond donors (Lipinski definition) is 1. The highest BCUT2D eigenvalue weighted by Crippen LogP contribution is 2.48. The Morgan fingerprint density at radius 1 is 0.864 bits per heavy atom. The second-order valence-corrected chi connectivity index (χ2v) is 11.5. The summed E-state index contributed by atoms with van der Waals surface area (Å²) < 4.78 is 72.5. The van der Waals surface area contributed by atoms with Crippen LogP contribution in [0.15, 0.2) is 30.3 Å². The van der Waals surface area contributed by atoms with Crippen LogP contribution < -0.4 is 9.61 Å². The summed E-state index contributed by atoms with van der Waals surface area (Å²) in [7, 11) is -4.76. The molecule has 1 saturated heterocycles. The second kappa shape index (κ2) is 16.5. The number of hydrogen-bond acceptors (Lipinski definition) is 14. The zero-order valence-corrected chi connectivity index (χ0v) is 26.1. The predicted molar refractivity (Wildman–Crippen MR) is 146 cm³/mol. The largest absolute Gasteiger partial charge is 0.463 e. The SMILES string of the molecule is CC(=O)OC[C@H](F)C1O[C@@H](O[P@](=O)(N[C@@H](C)C(=O)OC(C)C)Oc2ccccc2)[C@H](OC(C)=O)C(OC(C)=O)[C@@H]1OC(C)=O. The molecule has 0 aliphatic carbocycles. The van der Waals surface area contributed by atoms with Crippen LogP contribution in [-0.2, 0) is 61.5 Å². The summed E-state index contributed by atoms with van der Waals surface area (Å²) in [4.78, 5) is 60.2. The number of halogens is 1. The molecule has 0 radical (unpaired) electrons. The summed E-state index contributed by atoms with van der Waals surface area (Å²) >= 11 is 0. The van der Waals surface area contributed by atoms with Crippen molar-refractivity contribution < 1.29 is 70.4 Å². The molecule has 0 spiro atoms. The molecule has 1 heterocycles. The van der Waals surface area contributed by atoms with Gasteiger partial charge in [-0.3, -0.25) is 28.5 Å². The first-order valence-electron chi connectivity index (χ1n) is 13.5. The van der Waals surface area contributed by atoms with Crippen molar-refractivity contribution in [3.05, 3.63) is 30.3 Å². The van der Waals surface area contributed by atoms with Crippen molar-refractivity contribution in [3.63, 3.8) is 0 Å². The number of nitrogens with one attached hydrogen (secondary N) is 1. The average Bonchev–Trinajstić information content (AvgIpc) is 2.89. The molecule has 8 atom stereocenters. The standard InChI is InChI=1S/C27H37FNO14P/c1-14(2)37-26(34)15(3)29-44(35,42-20-11-9-8-10-12-20)43-27-25(40-19(7)33)24(39-18(6)32)23(38-17(5)31)22(41-27)21(28)13-36-16(4)30/h8-12,14-15,21-25,27H,13H2,1-7H3,(H,29,35)/t15-,21-,22?,23+,24?,25+,27-,44-/m0/s1. The number of carbonyl (C=O) groups excluding carboxylic acids is 5. The molecular formula is C27H37FNO14P. The first-order chi connectivity index (χ1) is 20.5. The van der Waals surface area contributed by atoms with E-state index in [0.717, 1.165) is 27.7 Å². The van der Waals surface area contributed by atoms with E-state index in [2.05, 4.69) is 5.09 Å². The van der Waals surface area contributed by atoms with Crippen molar-refractivity contribution >= 4 is 37.6 Å². The topological polar surface area (TPSA) is 188 Å². The van der Waals surface area contributed by atoms with Crippen LogP contribution in [0, 0.1) is 0 Å². The van der Waals surface area contributed by atoms with Crippen molar-refractivity contribution in [3.8, 4) is 5.75 Å². The van der Waals surface area contributed by atoms with Crippen molar-refractivity contribution in [1.29, 1.82) is 0 Å². The lowest BCUT2D eigenvalue weighted by atomic mass is 9.95. The maximum Gasteiger partial charge on any atom is 0.461 e. The molecule has 1 aliphatic rings. The van der Waals surface area contributed by atoms with Crippen LogP contribution in [0.2, 0.25) is 0 Å². The number of rotatable bonds is 14. The van der Waals surface area contributed by atoms with Gasteiger partial charge in [-0.25, -0.2) is 8.96 Å². The fourth-order valence-electron chi connectivity index (χ4n) is 3.93. The molecule has 1 aliphatic heterocycles. The molecule has 1 fully saturated rings. The molecule has 17 heteroatoms. The van der Waals surface area contributed by atoms with Gasteiger partial charge in [0.1, 0.15) is 24.5 Å². The minimum absolute atomic E-state index is 0.00305. The smallest absolute Gasteiger partial charge is 0.461 e. The first kappa shape index (κ1) is 36.6. The normalized spacial score (nSPS) is 24.2. The van der Waals surface area contributed by atoms with Gasteiger partial charge in [-0.1, -0.05) is 18.2 Å². The third-order valence-corrected chi connectivity index (χ3v) is 7.15. The van der Waals surface area contributed by atoms with Gasteiger partial charge in [0, 0.05) is 27.7 Å². The molecular weight excluding hydrogens is 612 g/mol. The third kappa shape index (κ3) is 11.5. The average molecular weight is 650 g/mol. The van der Waals surface area contributed by atoms with Gasteiger partial charge in [0.25, 0.3) is 0 Å². The fourth-order valence-corrected chi connectivity index (χ4v) is 5.51. The Hall–Kier alpha value is -3.59. The Kier molecular flexibility index (Phi) is 13.7. The Balaban J connectivity index is 2.62. The van der Waals surface area contributed by atoms with E-state index in [9.17, 15) is 28.5 Å². The number of carbonyl (C=O) groups is 5. The van der Waals surface area contributed by atoms with Gasteiger partial charge < -0.3 is 32.9 Å². The van der Waals surface area contributed by atoms with Crippen LogP contribution in [0.3, 0.4) is 0 Å². The lowest BCUT2D eigenvalue weighted by Gasteiger charge is -2.45.